The Hall–Kier alpha value is -2.24. The fourth-order valence-electron chi connectivity index (χ4n) is 2.38. The first-order chi connectivity index (χ1) is 12.1. The van der Waals surface area contributed by atoms with Crippen molar-refractivity contribution in [2.75, 3.05) is 11.1 Å². The number of rotatable bonds is 6. The first kappa shape index (κ1) is 17.6. The molecule has 0 spiro atoms. The molecular weight excluding hydrogens is 356 g/mol. The van der Waals surface area contributed by atoms with Crippen molar-refractivity contribution in [3.05, 3.63) is 35.5 Å². The summed E-state index contributed by atoms with van der Waals surface area (Å²) in [5, 5.41) is 21.3. The van der Waals surface area contributed by atoms with E-state index in [0.717, 1.165) is 28.5 Å². The zero-order valence-electron chi connectivity index (χ0n) is 13.5. The van der Waals surface area contributed by atoms with Crippen molar-refractivity contribution in [2.24, 2.45) is 0 Å². The molecule has 1 unspecified atom stereocenters. The van der Waals surface area contributed by atoms with E-state index in [-0.39, 0.29) is 0 Å². The standard InChI is InChI=1S/C17H16N4O2S2/c1-2-13(16(22)23)25-17-20-12-7-8-24-14(12)15(21-17)19-11-5-3-10(9-18)4-6-11/h3-6,13H,2,7-8H2,1H3,(H,22,23)(H,19,20,21). The van der Waals surface area contributed by atoms with Gasteiger partial charge < -0.3 is 10.4 Å². The van der Waals surface area contributed by atoms with Gasteiger partial charge in [0, 0.05) is 17.9 Å². The Labute approximate surface area is 154 Å². The van der Waals surface area contributed by atoms with Crippen LogP contribution in [0.4, 0.5) is 11.5 Å². The van der Waals surface area contributed by atoms with Crippen molar-refractivity contribution in [1.29, 1.82) is 5.26 Å². The van der Waals surface area contributed by atoms with Gasteiger partial charge in [0.2, 0.25) is 0 Å². The Morgan fingerprint density at radius 3 is 2.84 bits per heavy atom. The number of thioether (sulfide) groups is 2. The van der Waals surface area contributed by atoms with E-state index in [4.69, 9.17) is 5.26 Å². The number of carboxylic acid groups (broad SMARTS) is 1. The normalized spacial score (nSPS) is 13.8. The molecule has 1 atom stereocenters. The summed E-state index contributed by atoms with van der Waals surface area (Å²) in [7, 11) is 0. The van der Waals surface area contributed by atoms with E-state index < -0.39 is 11.2 Å². The first-order valence-corrected chi connectivity index (χ1v) is 9.67. The minimum Gasteiger partial charge on any atom is -0.480 e. The summed E-state index contributed by atoms with van der Waals surface area (Å²) in [4.78, 5) is 21.4. The second-order valence-corrected chi connectivity index (χ2v) is 7.67. The van der Waals surface area contributed by atoms with Crippen molar-refractivity contribution < 1.29 is 9.90 Å². The van der Waals surface area contributed by atoms with Gasteiger partial charge in [-0.2, -0.15) is 5.26 Å². The van der Waals surface area contributed by atoms with E-state index in [1.807, 2.05) is 19.1 Å². The molecule has 1 aromatic carbocycles. The molecule has 0 saturated heterocycles. The van der Waals surface area contributed by atoms with Gasteiger partial charge in [-0.15, -0.1) is 11.8 Å². The summed E-state index contributed by atoms with van der Waals surface area (Å²) in [5.74, 6) is 0.781. The van der Waals surface area contributed by atoms with Crippen molar-refractivity contribution in [1.82, 2.24) is 9.97 Å². The molecule has 0 fully saturated rings. The summed E-state index contributed by atoms with van der Waals surface area (Å²) in [5.41, 5.74) is 2.38. The minimum atomic E-state index is -0.854. The molecule has 0 radical (unpaired) electrons. The third-order valence-corrected chi connectivity index (χ3v) is 6.01. The van der Waals surface area contributed by atoms with Crippen LogP contribution in [-0.4, -0.2) is 32.0 Å². The summed E-state index contributed by atoms with van der Waals surface area (Å²) in [6.07, 6.45) is 1.36. The molecule has 0 saturated carbocycles. The van der Waals surface area contributed by atoms with E-state index >= 15 is 0 Å². The number of hydrogen-bond donors (Lipinski definition) is 2. The predicted octanol–water partition coefficient (Wildman–Crippen LogP) is 3.70. The average Bonchev–Trinajstić information content (AvgIpc) is 3.09. The third kappa shape index (κ3) is 4.06. The van der Waals surface area contributed by atoms with E-state index in [2.05, 4.69) is 21.4 Å². The molecule has 2 heterocycles. The summed E-state index contributed by atoms with van der Waals surface area (Å²) in [6, 6.07) is 9.22. The lowest BCUT2D eigenvalue weighted by atomic mass is 10.2. The number of aromatic nitrogens is 2. The largest absolute Gasteiger partial charge is 0.480 e. The molecule has 0 amide bonds. The lowest BCUT2D eigenvalue weighted by Gasteiger charge is -2.13. The number of benzene rings is 1. The fourth-order valence-corrected chi connectivity index (χ4v) is 4.26. The van der Waals surface area contributed by atoms with Crippen LogP contribution in [0.1, 0.15) is 24.6 Å². The van der Waals surface area contributed by atoms with Crippen LogP contribution in [0.3, 0.4) is 0 Å². The van der Waals surface area contributed by atoms with Crippen molar-refractivity contribution >= 4 is 41.0 Å². The minimum absolute atomic E-state index is 0.478. The number of carboxylic acids is 1. The fraction of sp³-hybridized carbons (Fsp3) is 0.294. The van der Waals surface area contributed by atoms with E-state index in [1.54, 1.807) is 23.9 Å². The zero-order chi connectivity index (χ0) is 17.8. The van der Waals surface area contributed by atoms with Gasteiger partial charge in [-0.25, -0.2) is 9.97 Å². The summed E-state index contributed by atoms with van der Waals surface area (Å²) < 4.78 is 0. The van der Waals surface area contributed by atoms with Gasteiger partial charge >= 0.3 is 5.97 Å². The Kier molecular flexibility index (Phi) is 5.46. The van der Waals surface area contributed by atoms with Gasteiger partial charge in [0.05, 0.1) is 22.2 Å². The Morgan fingerprint density at radius 2 is 2.20 bits per heavy atom. The van der Waals surface area contributed by atoms with Gasteiger partial charge in [-0.1, -0.05) is 18.7 Å². The maximum absolute atomic E-state index is 11.3. The lowest BCUT2D eigenvalue weighted by Crippen LogP contribution is -2.15. The van der Waals surface area contributed by atoms with Crippen molar-refractivity contribution in [3.63, 3.8) is 0 Å². The monoisotopic (exact) mass is 372 g/mol. The van der Waals surface area contributed by atoms with Crippen LogP contribution in [0.25, 0.3) is 0 Å². The third-order valence-electron chi connectivity index (χ3n) is 3.67. The van der Waals surface area contributed by atoms with Crippen LogP contribution >= 0.6 is 23.5 Å². The Balaban J connectivity index is 1.89. The summed E-state index contributed by atoms with van der Waals surface area (Å²) in [6.45, 7) is 1.84. The number of nitrogens with zero attached hydrogens (tertiary/aromatic N) is 3. The molecule has 3 rings (SSSR count). The van der Waals surface area contributed by atoms with Gasteiger partial charge in [0.25, 0.3) is 0 Å². The highest BCUT2D eigenvalue weighted by molar-refractivity contribution is 8.00. The van der Waals surface area contributed by atoms with Crippen LogP contribution in [-0.2, 0) is 11.2 Å². The molecule has 128 valence electrons. The number of aryl methyl sites for hydroxylation is 1. The first-order valence-electron chi connectivity index (χ1n) is 7.81. The second-order valence-electron chi connectivity index (χ2n) is 5.40. The number of aliphatic carboxylic acids is 1. The number of hydrogen-bond acceptors (Lipinski definition) is 7. The predicted molar refractivity (Wildman–Crippen MR) is 98.5 cm³/mol. The molecule has 1 aromatic heterocycles. The molecule has 1 aliphatic heterocycles. The van der Waals surface area contributed by atoms with Gasteiger partial charge in [-0.3, -0.25) is 4.79 Å². The highest BCUT2D eigenvalue weighted by atomic mass is 32.2. The van der Waals surface area contributed by atoms with Crippen LogP contribution in [0, 0.1) is 11.3 Å². The topological polar surface area (TPSA) is 98.9 Å². The second kappa shape index (κ2) is 7.76. The molecule has 25 heavy (non-hydrogen) atoms. The maximum Gasteiger partial charge on any atom is 0.317 e. The number of fused-ring (bicyclic) bond motifs is 1. The van der Waals surface area contributed by atoms with Crippen LogP contribution < -0.4 is 5.32 Å². The number of nitrogens with one attached hydrogen (secondary N) is 1. The molecular formula is C17H16N4O2S2. The van der Waals surface area contributed by atoms with Gasteiger partial charge in [0.15, 0.2) is 5.16 Å². The van der Waals surface area contributed by atoms with Gasteiger partial charge in [0.1, 0.15) is 11.1 Å². The molecule has 1 aliphatic rings. The van der Waals surface area contributed by atoms with Crippen molar-refractivity contribution in [2.45, 2.75) is 35.1 Å². The van der Waals surface area contributed by atoms with Crippen LogP contribution in [0.5, 0.6) is 0 Å². The molecule has 2 aromatic rings. The Morgan fingerprint density at radius 1 is 1.44 bits per heavy atom. The number of carbonyl (C=O) groups is 1. The smallest absolute Gasteiger partial charge is 0.317 e. The van der Waals surface area contributed by atoms with Crippen LogP contribution in [0.15, 0.2) is 34.3 Å². The van der Waals surface area contributed by atoms with E-state index in [9.17, 15) is 9.90 Å². The van der Waals surface area contributed by atoms with E-state index in [0.29, 0.717) is 23.0 Å². The summed E-state index contributed by atoms with van der Waals surface area (Å²) >= 11 is 2.88. The Bertz CT molecular complexity index is 834. The number of anilines is 2. The molecule has 0 aliphatic carbocycles. The van der Waals surface area contributed by atoms with Crippen molar-refractivity contribution in [3.8, 4) is 6.07 Å². The quantitative estimate of drug-likeness (QED) is 0.585. The van der Waals surface area contributed by atoms with E-state index in [1.165, 1.54) is 11.8 Å². The highest BCUT2D eigenvalue weighted by Crippen LogP contribution is 2.38. The molecule has 2 N–H and O–H groups in total. The lowest BCUT2D eigenvalue weighted by molar-refractivity contribution is -0.136. The maximum atomic E-state index is 11.3. The zero-order valence-corrected chi connectivity index (χ0v) is 15.2. The SMILES string of the molecule is CCC(Sc1nc2c(c(Nc3ccc(C#N)cc3)n1)SCC2)C(=O)O. The molecule has 6 nitrogen and oxygen atoms in total. The van der Waals surface area contributed by atoms with Crippen LogP contribution in [0.2, 0.25) is 0 Å². The number of nitriles is 1. The highest BCUT2D eigenvalue weighted by Gasteiger charge is 2.24. The molecule has 0 bridgehead atoms. The average molecular weight is 372 g/mol. The van der Waals surface area contributed by atoms with Gasteiger partial charge in [-0.05, 0) is 30.7 Å². The molecule has 8 heteroatoms.